The highest BCUT2D eigenvalue weighted by molar-refractivity contribution is 7.08. The summed E-state index contributed by atoms with van der Waals surface area (Å²) in [5.41, 5.74) is 1.74. The molecule has 0 saturated carbocycles. The molecule has 2 N–H and O–H groups in total. The fraction of sp³-hybridized carbons (Fsp3) is 0.429. The summed E-state index contributed by atoms with van der Waals surface area (Å²) in [6.07, 6.45) is 0.249. The third kappa shape index (κ3) is 6.35. The fourth-order valence-electron chi connectivity index (χ4n) is 3.06. The monoisotopic (exact) mass is 403 g/mol. The van der Waals surface area contributed by atoms with E-state index in [1.54, 1.807) is 18.6 Å². The first kappa shape index (κ1) is 21.9. The van der Waals surface area contributed by atoms with Gasteiger partial charge in [-0.05, 0) is 42.2 Å². The molecule has 1 aromatic carbocycles. The van der Waals surface area contributed by atoms with Crippen LogP contribution in [0.2, 0.25) is 0 Å². The number of likely N-dealkylation sites (N-methyl/N-ethyl adjacent to an activating group) is 1. The average Bonchev–Trinajstić information content (AvgIpc) is 3.26. The van der Waals surface area contributed by atoms with Crippen LogP contribution in [0.1, 0.15) is 42.2 Å². The number of methoxy groups -OCH3 is 1. The minimum absolute atomic E-state index is 0.0643. The molecular weight excluding hydrogens is 374 g/mol. The number of carbonyl (C=O) groups excluding carboxylic acids is 2. The number of benzene rings is 1. The number of ether oxygens (including phenoxy) is 1. The number of nitrogens with zero attached hydrogens (tertiary/aromatic N) is 1. The topological polar surface area (TPSA) is 70.7 Å². The van der Waals surface area contributed by atoms with Gasteiger partial charge in [-0.2, -0.15) is 11.3 Å². The largest absolute Gasteiger partial charge is 0.497 e. The smallest absolute Gasteiger partial charge is 0.252 e. The number of hydrogen-bond donors (Lipinski definition) is 2. The minimum atomic E-state index is -0.147. The van der Waals surface area contributed by atoms with Gasteiger partial charge in [0.15, 0.2) is 0 Å². The standard InChI is InChI=1S/C21H29N3O3S/c1-4-24(5-2)19(16-7-6-8-18(13-16)27-3)14-23-20(25)9-11-22-21(26)17-10-12-28-15-17/h6-8,10,12-13,15,19H,4-5,9,11,14H2,1-3H3,(H,22,26)(H,23,25). The summed E-state index contributed by atoms with van der Waals surface area (Å²) in [5.74, 6) is 0.578. The van der Waals surface area contributed by atoms with E-state index < -0.39 is 0 Å². The number of nitrogens with one attached hydrogen (secondary N) is 2. The van der Waals surface area contributed by atoms with Crippen LogP contribution < -0.4 is 15.4 Å². The van der Waals surface area contributed by atoms with Gasteiger partial charge in [0, 0.05) is 30.5 Å². The van der Waals surface area contributed by atoms with Crippen molar-refractivity contribution in [3.63, 3.8) is 0 Å². The lowest BCUT2D eigenvalue weighted by atomic mass is 10.0. The minimum Gasteiger partial charge on any atom is -0.497 e. The lowest BCUT2D eigenvalue weighted by Crippen LogP contribution is -2.39. The molecule has 0 spiro atoms. The van der Waals surface area contributed by atoms with Crippen LogP contribution in [0.15, 0.2) is 41.1 Å². The van der Waals surface area contributed by atoms with Crippen LogP contribution in [-0.4, -0.2) is 50.0 Å². The van der Waals surface area contributed by atoms with Crippen molar-refractivity contribution in [1.29, 1.82) is 0 Å². The summed E-state index contributed by atoms with van der Waals surface area (Å²) in [6, 6.07) is 9.77. The molecule has 1 atom stereocenters. The Bertz CT molecular complexity index is 745. The number of rotatable bonds is 11. The molecule has 0 radical (unpaired) electrons. The molecule has 0 aliphatic carbocycles. The van der Waals surface area contributed by atoms with Gasteiger partial charge in [-0.3, -0.25) is 14.5 Å². The van der Waals surface area contributed by atoms with Crippen molar-refractivity contribution < 1.29 is 14.3 Å². The first-order valence-electron chi connectivity index (χ1n) is 9.54. The van der Waals surface area contributed by atoms with Gasteiger partial charge in [0.25, 0.3) is 5.91 Å². The summed E-state index contributed by atoms with van der Waals surface area (Å²) in [5, 5.41) is 9.43. The second-order valence-corrected chi connectivity index (χ2v) is 7.12. The summed E-state index contributed by atoms with van der Waals surface area (Å²) in [6.45, 7) is 6.80. The van der Waals surface area contributed by atoms with Gasteiger partial charge in [0.05, 0.1) is 13.2 Å². The van der Waals surface area contributed by atoms with Crippen molar-refractivity contribution in [1.82, 2.24) is 15.5 Å². The molecule has 1 unspecified atom stereocenters. The molecule has 0 bridgehead atoms. The molecule has 2 amide bonds. The molecule has 0 aliphatic rings. The van der Waals surface area contributed by atoms with Gasteiger partial charge in [-0.25, -0.2) is 0 Å². The molecule has 152 valence electrons. The summed E-state index contributed by atoms with van der Waals surface area (Å²) < 4.78 is 5.34. The average molecular weight is 404 g/mol. The highest BCUT2D eigenvalue weighted by Gasteiger charge is 2.19. The Morgan fingerprint density at radius 3 is 2.61 bits per heavy atom. The van der Waals surface area contributed by atoms with Crippen LogP contribution in [0.4, 0.5) is 0 Å². The normalized spacial score (nSPS) is 11.9. The summed E-state index contributed by atoms with van der Waals surface area (Å²) in [7, 11) is 1.65. The third-order valence-electron chi connectivity index (χ3n) is 4.65. The van der Waals surface area contributed by atoms with Crippen LogP contribution >= 0.6 is 11.3 Å². The van der Waals surface area contributed by atoms with E-state index in [0.29, 0.717) is 18.7 Å². The van der Waals surface area contributed by atoms with Crippen LogP contribution in [0.3, 0.4) is 0 Å². The van der Waals surface area contributed by atoms with Gasteiger partial charge >= 0.3 is 0 Å². The van der Waals surface area contributed by atoms with Gasteiger partial charge in [-0.15, -0.1) is 0 Å². The number of hydrogen-bond acceptors (Lipinski definition) is 5. The van der Waals surface area contributed by atoms with E-state index in [0.717, 1.165) is 24.4 Å². The van der Waals surface area contributed by atoms with Crippen LogP contribution in [0.25, 0.3) is 0 Å². The Morgan fingerprint density at radius 1 is 1.18 bits per heavy atom. The van der Waals surface area contributed by atoms with E-state index in [-0.39, 0.29) is 24.3 Å². The van der Waals surface area contributed by atoms with Gasteiger partial charge in [0.1, 0.15) is 5.75 Å². The van der Waals surface area contributed by atoms with E-state index in [4.69, 9.17) is 4.74 Å². The number of thiophene rings is 1. The Kier molecular flexibility index (Phi) is 8.97. The maximum absolute atomic E-state index is 12.3. The lowest BCUT2D eigenvalue weighted by Gasteiger charge is -2.30. The van der Waals surface area contributed by atoms with E-state index in [1.807, 2.05) is 23.6 Å². The molecule has 1 heterocycles. The molecule has 6 nitrogen and oxygen atoms in total. The summed E-state index contributed by atoms with van der Waals surface area (Å²) in [4.78, 5) is 26.5. The predicted octanol–water partition coefficient (Wildman–Crippen LogP) is 3.08. The molecular formula is C21H29N3O3S. The molecule has 2 aromatic rings. The molecule has 0 aliphatic heterocycles. The highest BCUT2D eigenvalue weighted by atomic mass is 32.1. The molecule has 1 aromatic heterocycles. The highest BCUT2D eigenvalue weighted by Crippen LogP contribution is 2.23. The molecule has 28 heavy (non-hydrogen) atoms. The molecule has 0 saturated heterocycles. The van der Waals surface area contributed by atoms with Crippen molar-refractivity contribution >= 4 is 23.2 Å². The van der Waals surface area contributed by atoms with Gasteiger partial charge in [-0.1, -0.05) is 26.0 Å². The molecule has 7 heteroatoms. The van der Waals surface area contributed by atoms with E-state index >= 15 is 0 Å². The zero-order valence-electron chi connectivity index (χ0n) is 16.7. The first-order chi connectivity index (χ1) is 13.6. The Labute approximate surface area is 170 Å². The van der Waals surface area contributed by atoms with Crippen LogP contribution in [-0.2, 0) is 4.79 Å². The first-order valence-corrected chi connectivity index (χ1v) is 10.5. The van der Waals surface area contributed by atoms with Crippen molar-refractivity contribution in [2.45, 2.75) is 26.3 Å². The Morgan fingerprint density at radius 2 is 1.96 bits per heavy atom. The van der Waals surface area contributed by atoms with Crippen LogP contribution in [0, 0.1) is 0 Å². The Hall–Kier alpha value is -2.38. The zero-order valence-corrected chi connectivity index (χ0v) is 17.6. The number of carbonyl (C=O) groups is 2. The predicted molar refractivity (Wildman–Crippen MR) is 113 cm³/mol. The van der Waals surface area contributed by atoms with Crippen molar-refractivity contribution in [3.05, 3.63) is 52.2 Å². The third-order valence-corrected chi connectivity index (χ3v) is 5.33. The zero-order chi connectivity index (χ0) is 20.4. The van der Waals surface area contributed by atoms with E-state index in [1.165, 1.54) is 11.3 Å². The van der Waals surface area contributed by atoms with Crippen molar-refractivity contribution in [3.8, 4) is 5.75 Å². The number of amides is 2. The molecule has 2 rings (SSSR count). The maximum atomic E-state index is 12.3. The quantitative estimate of drug-likeness (QED) is 0.605. The van der Waals surface area contributed by atoms with Crippen LogP contribution in [0.5, 0.6) is 5.75 Å². The molecule has 0 fully saturated rings. The lowest BCUT2D eigenvalue weighted by molar-refractivity contribution is -0.121. The van der Waals surface area contributed by atoms with Crippen molar-refractivity contribution in [2.24, 2.45) is 0 Å². The fourth-order valence-corrected chi connectivity index (χ4v) is 3.69. The van der Waals surface area contributed by atoms with Gasteiger partial charge < -0.3 is 15.4 Å². The SMILES string of the molecule is CCN(CC)C(CNC(=O)CCNC(=O)c1ccsc1)c1cccc(OC)c1. The van der Waals surface area contributed by atoms with Crippen molar-refractivity contribution in [2.75, 3.05) is 33.3 Å². The van der Waals surface area contributed by atoms with E-state index in [2.05, 4.69) is 35.4 Å². The second-order valence-electron chi connectivity index (χ2n) is 6.34. The maximum Gasteiger partial charge on any atom is 0.252 e. The van der Waals surface area contributed by atoms with Gasteiger partial charge in [0.2, 0.25) is 5.91 Å². The van der Waals surface area contributed by atoms with E-state index in [9.17, 15) is 9.59 Å². The summed E-state index contributed by atoms with van der Waals surface area (Å²) >= 11 is 1.47. The second kappa shape index (κ2) is 11.5. The Balaban J connectivity index is 1.89.